The number of rotatable bonds is 6. The van der Waals surface area contributed by atoms with Crippen LogP contribution in [0.25, 0.3) is 0 Å². The molecule has 0 spiro atoms. The fourth-order valence-electron chi connectivity index (χ4n) is 3.76. The van der Waals surface area contributed by atoms with E-state index in [1.165, 1.54) is 0 Å². The molecule has 180 valence electrons. The van der Waals surface area contributed by atoms with Crippen LogP contribution in [0.15, 0.2) is 71.7 Å². The lowest BCUT2D eigenvalue weighted by Crippen LogP contribution is -2.31. The fraction of sp³-hybridized carbons (Fsp3) is 0.222. The third kappa shape index (κ3) is 5.43. The zero-order chi connectivity index (χ0) is 24.8. The molecule has 3 aromatic carbocycles. The topological polar surface area (TPSA) is 92.3 Å². The van der Waals surface area contributed by atoms with Crippen molar-refractivity contribution in [2.75, 3.05) is 30.3 Å². The Balaban J connectivity index is 1.55. The molecular weight excluding hydrogens is 444 g/mol. The van der Waals surface area contributed by atoms with Crippen LogP contribution in [0, 0.1) is 0 Å². The number of hydrogen-bond acceptors (Lipinski definition) is 6. The molecule has 1 heterocycles. The van der Waals surface area contributed by atoms with Crippen molar-refractivity contribution in [3.63, 3.8) is 0 Å². The molecule has 0 fully saturated rings. The summed E-state index contributed by atoms with van der Waals surface area (Å²) < 4.78 is 11.2. The van der Waals surface area contributed by atoms with E-state index in [-0.39, 0.29) is 0 Å². The van der Waals surface area contributed by atoms with E-state index in [0.717, 1.165) is 30.2 Å². The third-order valence-corrected chi connectivity index (χ3v) is 5.51. The van der Waals surface area contributed by atoms with Crippen LogP contribution in [0.1, 0.15) is 36.7 Å². The van der Waals surface area contributed by atoms with Crippen LogP contribution in [-0.2, 0) is 4.74 Å². The number of aliphatic imine (C=N–C) groups is 1. The normalized spacial score (nSPS) is 11.7. The van der Waals surface area contributed by atoms with Crippen molar-refractivity contribution >= 4 is 34.9 Å². The molecule has 3 aromatic rings. The van der Waals surface area contributed by atoms with Gasteiger partial charge in [-0.05, 0) is 75.4 Å². The van der Waals surface area contributed by atoms with Gasteiger partial charge in [-0.2, -0.15) is 0 Å². The molecule has 0 radical (unpaired) electrons. The molecular formula is C27H28N4O4. The van der Waals surface area contributed by atoms with Gasteiger partial charge in [-0.25, -0.2) is 14.6 Å². The molecule has 0 unspecified atom stereocenters. The van der Waals surface area contributed by atoms with Crippen molar-refractivity contribution in [3.8, 4) is 11.5 Å². The van der Waals surface area contributed by atoms with Crippen molar-refractivity contribution < 1.29 is 19.1 Å². The maximum atomic E-state index is 12.7. The first-order chi connectivity index (χ1) is 17.0. The highest BCUT2D eigenvalue weighted by Gasteiger charge is 2.22. The molecule has 0 saturated heterocycles. The standard InChI is InChI=1S/C27H28N4O4/c1-4-31(5-2)25-21-17-20(15-16-23(21)35-24-10-8-7-9-22(24)30-25)29-27(33)28-19-13-11-18(12-14-19)26(32)34-6-3/h7-17H,4-6H2,1-3H3,(H2,28,29,33). The molecule has 2 amide bonds. The number of esters is 1. The molecule has 8 heteroatoms. The molecule has 0 atom stereocenters. The van der Waals surface area contributed by atoms with Gasteiger partial charge in [0.25, 0.3) is 0 Å². The number of amides is 2. The fourth-order valence-corrected chi connectivity index (χ4v) is 3.76. The van der Waals surface area contributed by atoms with Gasteiger partial charge in [0.05, 0.1) is 17.7 Å². The SMILES string of the molecule is CCOC(=O)c1ccc(NC(=O)Nc2ccc3c(c2)C(N(CC)CC)=Nc2ccccc2O3)cc1. The number of fused-ring (bicyclic) bond motifs is 2. The monoisotopic (exact) mass is 472 g/mol. The maximum absolute atomic E-state index is 12.7. The molecule has 2 N–H and O–H groups in total. The van der Waals surface area contributed by atoms with Crippen LogP contribution in [-0.4, -0.2) is 42.4 Å². The first kappa shape index (κ1) is 23.8. The average molecular weight is 473 g/mol. The Bertz CT molecular complexity index is 1250. The zero-order valence-corrected chi connectivity index (χ0v) is 20.0. The number of urea groups is 1. The Morgan fingerprint density at radius 1 is 0.886 bits per heavy atom. The Labute approximate surface area is 204 Å². The minimum atomic E-state index is -0.409. The van der Waals surface area contributed by atoms with Gasteiger partial charge in [-0.1, -0.05) is 12.1 Å². The van der Waals surface area contributed by atoms with Gasteiger partial charge < -0.3 is 25.0 Å². The van der Waals surface area contributed by atoms with Crippen molar-refractivity contribution in [1.29, 1.82) is 0 Å². The summed E-state index contributed by atoms with van der Waals surface area (Å²) in [5.41, 5.74) is 3.12. The highest BCUT2D eigenvalue weighted by atomic mass is 16.5. The average Bonchev–Trinajstić information content (AvgIpc) is 3.02. The molecule has 0 aromatic heterocycles. The summed E-state index contributed by atoms with van der Waals surface area (Å²) in [6.07, 6.45) is 0. The minimum Gasteiger partial charge on any atom is -0.462 e. The molecule has 0 aliphatic carbocycles. The van der Waals surface area contributed by atoms with Gasteiger partial charge in [0.2, 0.25) is 0 Å². The van der Waals surface area contributed by atoms with E-state index < -0.39 is 12.0 Å². The van der Waals surface area contributed by atoms with E-state index >= 15 is 0 Å². The Hall–Kier alpha value is -4.33. The van der Waals surface area contributed by atoms with Crippen molar-refractivity contribution in [2.45, 2.75) is 20.8 Å². The number of carbonyl (C=O) groups excluding carboxylic acids is 2. The quantitative estimate of drug-likeness (QED) is 0.427. The van der Waals surface area contributed by atoms with Crippen LogP contribution in [0.3, 0.4) is 0 Å². The van der Waals surface area contributed by atoms with E-state index in [1.54, 1.807) is 37.3 Å². The minimum absolute atomic E-state index is 0.305. The summed E-state index contributed by atoms with van der Waals surface area (Å²) in [4.78, 5) is 31.5. The second kappa shape index (κ2) is 10.7. The van der Waals surface area contributed by atoms with E-state index in [1.807, 2.05) is 36.4 Å². The third-order valence-electron chi connectivity index (χ3n) is 5.51. The van der Waals surface area contributed by atoms with Crippen molar-refractivity contribution in [1.82, 2.24) is 4.90 Å². The van der Waals surface area contributed by atoms with Crippen LogP contribution in [0.4, 0.5) is 21.9 Å². The largest absolute Gasteiger partial charge is 0.462 e. The predicted octanol–water partition coefficient (Wildman–Crippen LogP) is 6.03. The van der Waals surface area contributed by atoms with Gasteiger partial charge in [0.1, 0.15) is 17.3 Å². The highest BCUT2D eigenvalue weighted by molar-refractivity contribution is 6.06. The molecule has 35 heavy (non-hydrogen) atoms. The molecule has 0 saturated carbocycles. The number of nitrogens with one attached hydrogen (secondary N) is 2. The summed E-state index contributed by atoms with van der Waals surface area (Å²) in [6.45, 7) is 7.76. The van der Waals surface area contributed by atoms with Crippen LogP contribution < -0.4 is 15.4 Å². The number of benzene rings is 3. The number of para-hydroxylation sites is 2. The van der Waals surface area contributed by atoms with Gasteiger partial charge in [-0.15, -0.1) is 0 Å². The summed E-state index contributed by atoms with van der Waals surface area (Å²) in [5.74, 6) is 1.74. The smallest absolute Gasteiger partial charge is 0.338 e. The van der Waals surface area contributed by atoms with E-state index in [4.69, 9.17) is 14.5 Å². The molecule has 8 nitrogen and oxygen atoms in total. The number of amidine groups is 1. The van der Waals surface area contributed by atoms with Crippen LogP contribution in [0.5, 0.6) is 11.5 Å². The Morgan fingerprint density at radius 3 is 2.29 bits per heavy atom. The first-order valence-electron chi connectivity index (χ1n) is 11.6. The van der Waals surface area contributed by atoms with E-state index in [9.17, 15) is 9.59 Å². The first-order valence-corrected chi connectivity index (χ1v) is 11.6. The Kier molecular flexibility index (Phi) is 7.30. The highest BCUT2D eigenvalue weighted by Crippen LogP contribution is 2.38. The van der Waals surface area contributed by atoms with Gasteiger partial charge >= 0.3 is 12.0 Å². The van der Waals surface area contributed by atoms with Crippen LogP contribution >= 0.6 is 0 Å². The summed E-state index contributed by atoms with van der Waals surface area (Å²) in [6, 6.07) is 19.2. The summed E-state index contributed by atoms with van der Waals surface area (Å²) in [5, 5.41) is 5.64. The lowest BCUT2D eigenvalue weighted by Gasteiger charge is -2.23. The van der Waals surface area contributed by atoms with E-state index in [0.29, 0.717) is 35.0 Å². The molecule has 0 bridgehead atoms. The lowest BCUT2D eigenvalue weighted by atomic mass is 10.1. The van der Waals surface area contributed by atoms with E-state index in [2.05, 4.69) is 29.4 Å². The lowest BCUT2D eigenvalue weighted by molar-refractivity contribution is 0.0526. The second-order valence-corrected chi connectivity index (χ2v) is 7.77. The van der Waals surface area contributed by atoms with Gasteiger partial charge in [0, 0.05) is 24.5 Å². The van der Waals surface area contributed by atoms with Gasteiger partial charge in [0.15, 0.2) is 5.75 Å². The summed E-state index contributed by atoms with van der Waals surface area (Å²) in [7, 11) is 0. The molecule has 1 aliphatic heterocycles. The van der Waals surface area contributed by atoms with Gasteiger partial charge in [-0.3, -0.25) is 0 Å². The predicted molar refractivity (Wildman–Crippen MR) is 137 cm³/mol. The molecule has 4 rings (SSSR count). The second-order valence-electron chi connectivity index (χ2n) is 7.77. The van der Waals surface area contributed by atoms with Crippen molar-refractivity contribution in [2.24, 2.45) is 4.99 Å². The number of anilines is 2. The number of carbonyl (C=O) groups is 2. The van der Waals surface area contributed by atoms with Crippen molar-refractivity contribution in [3.05, 3.63) is 77.9 Å². The maximum Gasteiger partial charge on any atom is 0.338 e. The number of nitrogens with zero attached hydrogens (tertiary/aromatic N) is 2. The van der Waals surface area contributed by atoms with Crippen LogP contribution in [0.2, 0.25) is 0 Å². The number of hydrogen-bond donors (Lipinski definition) is 2. The zero-order valence-electron chi connectivity index (χ0n) is 20.0. The summed E-state index contributed by atoms with van der Waals surface area (Å²) >= 11 is 0. The number of ether oxygens (including phenoxy) is 2. The molecule has 1 aliphatic rings. The Morgan fingerprint density at radius 2 is 1.57 bits per heavy atom.